The molecule has 1 aliphatic rings. The molecule has 1 fully saturated rings. The van der Waals surface area contributed by atoms with Gasteiger partial charge in [-0.3, -0.25) is 0 Å². The molecule has 0 unspecified atom stereocenters. The van der Waals surface area contributed by atoms with Gasteiger partial charge in [-0.15, -0.1) is 0 Å². The molecule has 0 saturated heterocycles. The summed E-state index contributed by atoms with van der Waals surface area (Å²) in [5, 5.41) is 5.50. The fraction of sp³-hybridized carbons (Fsp3) is 0.889. The van der Waals surface area contributed by atoms with Crippen LogP contribution in [-0.2, 0) is 0 Å². The number of hydrogen-bond donors (Lipinski definition) is 2. The van der Waals surface area contributed by atoms with Crippen LogP contribution < -0.4 is 10.6 Å². The highest BCUT2D eigenvalue weighted by Gasteiger charge is 2.25. The zero-order chi connectivity index (χ0) is 9.68. The third kappa shape index (κ3) is 4.12. The molecule has 0 aromatic heterocycles. The zero-order valence-electron chi connectivity index (χ0n) is 8.47. The van der Waals surface area contributed by atoms with Crippen molar-refractivity contribution in [2.45, 2.75) is 25.8 Å². The maximum Gasteiger partial charge on any atom is 0.314 e. The van der Waals surface area contributed by atoms with Crippen LogP contribution in [0.15, 0.2) is 0 Å². The van der Waals surface area contributed by atoms with Gasteiger partial charge in [0.25, 0.3) is 0 Å². The van der Waals surface area contributed by atoms with Crippen LogP contribution >= 0.6 is 0 Å². The van der Waals surface area contributed by atoms with Gasteiger partial charge in [0.2, 0.25) is 0 Å². The maximum absolute atomic E-state index is 11.0. The minimum absolute atomic E-state index is 0.0632. The van der Waals surface area contributed by atoms with Gasteiger partial charge >= 0.3 is 6.03 Å². The van der Waals surface area contributed by atoms with Crippen molar-refractivity contribution in [2.75, 3.05) is 26.7 Å². The first kappa shape index (κ1) is 10.3. The number of amides is 2. The first-order valence-electron chi connectivity index (χ1n) is 4.96. The van der Waals surface area contributed by atoms with Crippen LogP contribution in [0.5, 0.6) is 0 Å². The fourth-order valence-electron chi connectivity index (χ4n) is 1.27. The van der Waals surface area contributed by atoms with Crippen LogP contribution in [0.25, 0.3) is 0 Å². The monoisotopic (exact) mass is 185 g/mol. The lowest BCUT2D eigenvalue weighted by molar-refractivity contribution is 0.238. The van der Waals surface area contributed by atoms with E-state index in [2.05, 4.69) is 22.6 Å². The predicted octanol–water partition coefficient (Wildman–Crippen LogP) is 0.400. The van der Waals surface area contributed by atoms with Crippen molar-refractivity contribution < 1.29 is 4.79 Å². The average Bonchev–Trinajstić information content (AvgIpc) is 2.86. The minimum atomic E-state index is -0.0632. The molecule has 0 bridgehead atoms. The van der Waals surface area contributed by atoms with E-state index < -0.39 is 0 Å². The minimum Gasteiger partial charge on any atom is -0.338 e. The summed E-state index contributed by atoms with van der Waals surface area (Å²) < 4.78 is 0. The summed E-state index contributed by atoms with van der Waals surface area (Å²) in [4.78, 5) is 13.3. The summed E-state index contributed by atoms with van der Waals surface area (Å²) in [6.07, 6.45) is 2.63. The molecule has 4 nitrogen and oxygen atoms in total. The Morgan fingerprint density at radius 3 is 2.69 bits per heavy atom. The molecule has 0 radical (unpaired) electrons. The van der Waals surface area contributed by atoms with Gasteiger partial charge in [-0.1, -0.05) is 0 Å². The van der Waals surface area contributed by atoms with Crippen molar-refractivity contribution in [3.05, 3.63) is 0 Å². The van der Waals surface area contributed by atoms with Crippen molar-refractivity contribution in [1.82, 2.24) is 15.5 Å². The van der Waals surface area contributed by atoms with E-state index in [0.717, 1.165) is 19.1 Å². The smallest absolute Gasteiger partial charge is 0.314 e. The predicted molar refractivity (Wildman–Crippen MR) is 52.7 cm³/mol. The summed E-state index contributed by atoms with van der Waals surface area (Å²) >= 11 is 0. The molecular weight excluding hydrogens is 166 g/mol. The number of nitrogens with zero attached hydrogens (tertiary/aromatic N) is 1. The Morgan fingerprint density at radius 1 is 1.46 bits per heavy atom. The number of nitrogens with one attached hydrogen (secondary N) is 2. The van der Waals surface area contributed by atoms with Gasteiger partial charge in [-0.25, -0.2) is 4.79 Å². The Balaban J connectivity index is 1.96. The van der Waals surface area contributed by atoms with Crippen LogP contribution in [0.4, 0.5) is 4.79 Å². The Kier molecular flexibility index (Phi) is 4.02. The summed E-state index contributed by atoms with van der Waals surface area (Å²) in [5.74, 6) is 0. The van der Waals surface area contributed by atoms with Gasteiger partial charge in [0.05, 0.1) is 0 Å². The van der Waals surface area contributed by atoms with Gasteiger partial charge < -0.3 is 15.5 Å². The number of carbonyl (C=O) groups excluding carboxylic acids is 1. The quantitative estimate of drug-likeness (QED) is 0.651. The molecule has 0 heterocycles. The second-order valence-electron chi connectivity index (χ2n) is 3.50. The van der Waals surface area contributed by atoms with E-state index in [1.807, 2.05) is 6.92 Å². The highest BCUT2D eigenvalue weighted by Crippen LogP contribution is 2.24. The Morgan fingerprint density at radius 2 is 2.15 bits per heavy atom. The Bertz CT molecular complexity index is 168. The largest absolute Gasteiger partial charge is 0.338 e. The highest BCUT2D eigenvalue weighted by molar-refractivity contribution is 5.73. The Hall–Kier alpha value is -0.770. The Labute approximate surface area is 79.7 Å². The van der Waals surface area contributed by atoms with Crippen molar-refractivity contribution in [3.8, 4) is 0 Å². The fourth-order valence-corrected chi connectivity index (χ4v) is 1.27. The van der Waals surface area contributed by atoms with Gasteiger partial charge in [0.1, 0.15) is 0 Å². The SMILES string of the molecule is CCNC(=O)NCCN(C)C1CC1. The number of hydrogen-bond acceptors (Lipinski definition) is 2. The van der Waals surface area contributed by atoms with E-state index >= 15 is 0 Å². The normalized spacial score (nSPS) is 15.9. The first-order chi connectivity index (χ1) is 6.24. The molecule has 1 rings (SSSR count). The van der Waals surface area contributed by atoms with Crippen molar-refractivity contribution in [3.63, 3.8) is 0 Å². The second kappa shape index (κ2) is 5.07. The molecule has 0 aromatic rings. The standard InChI is InChI=1S/C9H19N3O/c1-3-10-9(13)11-6-7-12(2)8-4-5-8/h8H,3-7H2,1-2H3,(H2,10,11,13). The maximum atomic E-state index is 11.0. The van der Waals surface area contributed by atoms with Gasteiger partial charge in [0, 0.05) is 25.7 Å². The molecule has 1 aliphatic carbocycles. The van der Waals surface area contributed by atoms with E-state index in [0.29, 0.717) is 6.54 Å². The van der Waals surface area contributed by atoms with Gasteiger partial charge in [0.15, 0.2) is 0 Å². The van der Waals surface area contributed by atoms with E-state index in [-0.39, 0.29) is 6.03 Å². The van der Waals surface area contributed by atoms with Crippen molar-refractivity contribution >= 4 is 6.03 Å². The number of carbonyl (C=O) groups is 1. The van der Waals surface area contributed by atoms with E-state index in [1.54, 1.807) is 0 Å². The van der Waals surface area contributed by atoms with Crippen molar-refractivity contribution in [1.29, 1.82) is 0 Å². The van der Waals surface area contributed by atoms with Gasteiger partial charge in [-0.05, 0) is 26.8 Å². The van der Waals surface area contributed by atoms with E-state index in [9.17, 15) is 4.79 Å². The molecule has 1 saturated carbocycles. The first-order valence-corrected chi connectivity index (χ1v) is 4.96. The molecule has 2 N–H and O–H groups in total. The molecular formula is C9H19N3O. The van der Waals surface area contributed by atoms with Crippen LogP contribution in [0.2, 0.25) is 0 Å². The van der Waals surface area contributed by atoms with E-state index in [1.165, 1.54) is 12.8 Å². The topological polar surface area (TPSA) is 44.4 Å². The summed E-state index contributed by atoms with van der Waals surface area (Å²) in [6.45, 7) is 4.28. The lowest BCUT2D eigenvalue weighted by atomic mass is 10.5. The van der Waals surface area contributed by atoms with Gasteiger partial charge in [-0.2, -0.15) is 0 Å². The highest BCUT2D eigenvalue weighted by atomic mass is 16.2. The third-order valence-corrected chi connectivity index (χ3v) is 2.26. The summed E-state index contributed by atoms with van der Waals surface area (Å²) in [5.41, 5.74) is 0. The lowest BCUT2D eigenvalue weighted by Gasteiger charge is -2.15. The van der Waals surface area contributed by atoms with Crippen LogP contribution in [0.3, 0.4) is 0 Å². The number of urea groups is 1. The molecule has 0 aliphatic heterocycles. The average molecular weight is 185 g/mol. The summed E-state index contributed by atoms with van der Waals surface area (Å²) in [7, 11) is 2.11. The van der Waals surface area contributed by atoms with Crippen LogP contribution in [0.1, 0.15) is 19.8 Å². The van der Waals surface area contributed by atoms with Crippen LogP contribution in [0, 0.1) is 0 Å². The third-order valence-electron chi connectivity index (χ3n) is 2.26. The molecule has 0 aromatic carbocycles. The number of rotatable bonds is 5. The molecule has 76 valence electrons. The molecule has 2 amide bonds. The second-order valence-corrected chi connectivity index (χ2v) is 3.50. The molecule has 0 atom stereocenters. The number of likely N-dealkylation sites (N-methyl/N-ethyl adjacent to an activating group) is 1. The van der Waals surface area contributed by atoms with Crippen LogP contribution in [-0.4, -0.2) is 43.7 Å². The van der Waals surface area contributed by atoms with E-state index in [4.69, 9.17) is 0 Å². The lowest BCUT2D eigenvalue weighted by Crippen LogP contribution is -2.39. The summed E-state index contributed by atoms with van der Waals surface area (Å²) in [6, 6.07) is 0.711. The molecule has 13 heavy (non-hydrogen) atoms. The molecule has 0 spiro atoms. The zero-order valence-corrected chi connectivity index (χ0v) is 8.47. The molecule has 4 heteroatoms. The van der Waals surface area contributed by atoms with Crippen molar-refractivity contribution in [2.24, 2.45) is 0 Å².